The van der Waals surface area contributed by atoms with Gasteiger partial charge in [-0.1, -0.05) is 24.3 Å². The molecule has 2 aromatic rings. The highest BCUT2D eigenvalue weighted by molar-refractivity contribution is 5.86. The Morgan fingerprint density at radius 2 is 2.04 bits per heavy atom. The lowest BCUT2D eigenvalue weighted by Gasteiger charge is -2.28. The minimum absolute atomic E-state index is 0.0489. The lowest BCUT2D eigenvalue weighted by molar-refractivity contribution is -0.137. The molecule has 3 rings (SSSR count). The molecule has 2 amide bonds. The van der Waals surface area contributed by atoms with Gasteiger partial charge in [0.15, 0.2) is 0 Å². The second-order valence-electron chi connectivity index (χ2n) is 7.00. The van der Waals surface area contributed by atoms with Crippen LogP contribution in [0.5, 0.6) is 0 Å². The predicted octanol–water partition coefficient (Wildman–Crippen LogP) is 1.08. The molecular formula is C20H27N5O2. The molecule has 0 saturated heterocycles. The summed E-state index contributed by atoms with van der Waals surface area (Å²) in [4.78, 5) is 28.3. The highest BCUT2D eigenvalue weighted by atomic mass is 16.2. The number of aromatic nitrogens is 2. The van der Waals surface area contributed by atoms with E-state index in [1.807, 2.05) is 0 Å². The van der Waals surface area contributed by atoms with E-state index in [-0.39, 0.29) is 18.4 Å². The van der Waals surface area contributed by atoms with E-state index >= 15 is 0 Å². The quantitative estimate of drug-likeness (QED) is 0.793. The number of rotatable bonds is 7. The SMILES string of the molecule is CC(C(=O)N(C)CC(=O)NCCN1CCc2ccccc2C1)n1cccn1. The number of likely N-dealkylation sites (N-methyl/N-ethyl adjacent to an activating group) is 1. The molecule has 0 fully saturated rings. The largest absolute Gasteiger partial charge is 0.353 e. The van der Waals surface area contributed by atoms with Crippen molar-refractivity contribution in [1.29, 1.82) is 0 Å². The molecule has 1 aromatic heterocycles. The first-order valence-electron chi connectivity index (χ1n) is 9.34. The van der Waals surface area contributed by atoms with Gasteiger partial charge in [0, 0.05) is 45.6 Å². The molecule has 0 radical (unpaired) electrons. The van der Waals surface area contributed by atoms with Gasteiger partial charge < -0.3 is 10.2 Å². The standard InChI is InChI=1S/C20H27N5O2/c1-16(25-11-5-9-22-25)20(27)23(2)15-19(26)21-10-13-24-12-8-17-6-3-4-7-18(17)14-24/h3-7,9,11,16H,8,10,12-15H2,1-2H3,(H,21,26). The number of benzene rings is 1. The van der Waals surface area contributed by atoms with Crippen LogP contribution in [0.3, 0.4) is 0 Å². The Balaban J connectivity index is 1.39. The third-order valence-electron chi connectivity index (χ3n) is 5.00. The monoisotopic (exact) mass is 369 g/mol. The molecule has 1 unspecified atom stereocenters. The zero-order valence-corrected chi connectivity index (χ0v) is 16.0. The second-order valence-corrected chi connectivity index (χ2v) is 7.00. The van der Waals surface area contributed by atoms with Crippen molar-refractivity contribution in [3.8, 4) is 0 Å². The molecule has 0 spiro atoms. The molecule has 1 aliphatic rings. The number of hydrogen-bond acceptors (Lipinski definition) is 4. The number of nitrogens with one attached hydrogen (secondary N) is 1. The van der Waals surface area contributed by atoms with Crippen LogP contribution in [0.4, 0.5) is 0 Å². The van der Waals surface area contributed by atoms with Gasteiger partial charge in [0.25, 0.3) is 0 Å². The molecule has 27 heavy (non-hydrogen) atoms. The maximum Gasteiger partial charge on any atom is 0.247 e. The van der Waals surface area contributed by atoms with Gasteiger partial charge in [0.1, 0.15) is 6.04 Å². The van der Waals surface area contributed by atoms with Crippen molar-refractivity contribution in [2.75, 3.05) is 33.2 Å². The number of amides is 2. The summed E-state index contributed by atoms with van der Waals surface area (Å²) in [5, 5.41) is 7.00. The van der Waals surface area contributed by atoms with Crippen molar-refractivity contribution in [1.82, 2.24) is 24.9 Å². The van der Waals surface area contributed by atoms with Crippen LogP contribution in [-0.4, -0.2) is 64.6 Å². The molecule has 7 nitrogen and oxygen atoms in total. The minimum atomic E-state index is -0.425. The Morgan fingerprint density at radius 1 is 1.26 bits per heavy atom. The van der Waals surface area contributed by atoms with E-state index in [4.69, 9.17) is 0 Å². The maximum atomic E-state index is 12.4. The fraction of sp³-hybridized carbons (Fsp3) is 0.450. The average molecular weight is 369 g/mol. The summed E-state index contributed by atoms with van der Waals surface area (Å²) >= 11 is 0. The van der Waals surface area contributed by atoms with Gasteiger partial charge in [-0.15, -0.1) is 0 Å². The van der Waals surface area contributed by atoms with Crippen LogP contribution in [0.2, 0.25) is 0 Å². The normalized spacial score (nSPS) is 15.0. The van der Waals surface area contributed by atoms with Crippen molar-refractivity contribution in [3.05, 3.63) is 53.9 Å². The summed E-state index contributed by atoms with van der Waals surface area (Å²) in [6.07, 6.45) is 4.43. The van der Waals surface area contributed by atoms with Crippen LogP contribution in [0.15, 0.2) is 42.7 Å². The summed E-state index contributed by atoms with van der Waals surface area (Å²) in [5.74, 6) is -0.280. The first-order chi connectivity index (χ1) is 13.0. The molecule has 0 saturated carbocycles. The molecule has 7 heteroatoms. The zero-order valence-electron chi connectivity index (χ0n) is 16.0. The highest BCUT2D eigenvalue weighted by Crippen LogP contribution is 2.17. The topological polar surface area (TPSA) is 70.5 Å². The van der Waals surface area contributed by atoms with E-state index in [1.165, 1.54) is 16.0 Å². The molecule has 1 N–H and O–H groups in total. The van der Waals surface area contributed by atoms with E-state index in [9.17, 15) is 9.59 Å². The van der Waals surface area contributed by atoms with Crippen LogP contribution < -0.4 is 5.32 Å². The Bertz CT molecular complexity index is 774. The lowest BCUT2D eigenvalue weighted by Crippen LogP contribution is -2.43. The molecule has 2 heterocycles. The van der Waals surface area contributed by atoms with Crippen molar-refractivity contribution in [2.24, 2.45) is 0 Å². The van der Waals surface area contributed by atoms with Gasteiger partial charge in [-0.2, -0.15) is 5.10 Å². The number of fused-ring (bicyclic) bond motifs is 1. The van der Waals surface area contributed by atoms with E-state index in [1.54, 1.807) is 37.1 Å². The van der Waals surface area contributed by atoms with E-state index < -0.39 is 6.04 Å². The second kappa shape index (κ2) is 8.81. The third-order valence-corrected chi connectivity index (χ3v) is 5.00. The van der Waals surface area contributed by atoms with Crippen molar-refractivity contribution in [2.45, 2.75) is 25.9 Å². The Kier molecular flexibility index (Phi) is 6.24. The Labute approximate surface area is 159 Å². The predicted molar refractivity (Wildman–Crippen MR) is 103 cm³/mol. The van der Waals surface area contributed by atoms with E-state index in [2.05, 4.69) is 39.6 Å². The molecule has 1 aromatic carbocycles. The average Bonchev–Trinajstić information content (AvgIpc) is 3.21. The molecule has 0 bridgehead atoms. The third kappa shape index (κ3) is 4.95. The smallest absolute Gasteiger partial charge is 0.247 e. The molecule has 1 atom stereocenters. The van der Waals surface area contributed by atoms with Crippen molar-refractivity contribution in [3.63, 3.8) is 0 Å². The molecule has 0 aliphatic carbocycles. The number of carbonyl (C=O) groups excluding carboxylic acids is 2. The maximum absolute atomic E-state index is 12.4. The van der Waals surface area contributed by atoms with E-state index in [0.717, 1.165) is 26.1 Å². The van der Waals surface area contributed by atoms with Crippen LogP contribution in [0.25, 0.3) is 0 Å². The van der Waals surface area contributed by atoms with Crippen LogP contribution >= 0.6 is 0 Å². The summed E-state index contributed by atoms with van der Waals surface area (Å²) in [6, 6.07) is 9.86. The Morgan fingerprint density at radius 3 is 2.78 bits per heavy atom. The Hall–Kier alpha value is -2.67. The lowest BCUT2D eigenvalue weighted by atomic mass is 10.00. The highest BCUT2D eigenvalue weighted by Gasteiger charge is 2.21. The van der Waals surface area contributed by atoms with Gasteiger partial charge in [-0.25, -0.2) is 0 Å². The zero-order chi connectivity index (χ0) is 19.2. The van der Waals surface area contributed by atoms with E-state index in [0.29, 0.717) is 6.54 Å². The van der Waals surface area contributed by atoms with Gasteiger partial charge >= 0.3 is 0 Å². The van der Waals surface area contributed by atoms with Crippen LogP contribution in [0.1, 0.15) is 24.1 Å². The fourth-order valence-electron chi connectivity index (χ4n) is 3.39. The summed E-state index contributed by atoms with van der Waals surface area (Å²) in [5.41, 5.74) is 2.79. The van der Waals surface area contributed by atoms with Gasteiger partial charge in [0.2, 0.25) is 11.8 Å². The summed E-state index contributed by atoms with van der Waals surface area (Å²) in [6.45, 7) is 5.14. The van der Waals surface area contributed by atoms with Crippen molar-refractivity contribution < 1.29 is 9.59 Å². The summed E-state index contributed by atoms with van der Waals surface area (Å²) < 4.78 is 1.59. The van der Waals surface area contributed by atoms with Crippen LogP contribution in [-0.2, 0) is 22.6 Å². The fourth-order valence-corrected chi connectivity index (χ4v) is 3.39. The number of nitrogens with zero attached hydrogens (tertiary/aromatic N) is 4. The van der Waals surface area contributed by atoms with Crippen LogP contribution in [0, 0.1) is 0 Å². The molecular weight excluding hydrogens is 342 g/mol. The minimum Gasteiger partial charge on any atom is -0.353 e. The number of carbonyl (C=O) groups is 2. The first kappa shape index (κ1) is 19.1. The van der Waals surface area contributed by atoms with Gasteiger partial charge in [-0.05, 0) is 30.5 Å². The first-order valence-corrected chi connectivity index (χ1v) is 9.34. The summed E-state index contributed by atoms with van der Waals surface area (Å²) in [7, 11) is 1.64. The number of hydrogen-bond donors (Lipinski definition) is 1. The molecule has 144 valence electrons. The van der Waals surface area contributed by atoms with Crippen molar-refractivity contribution >= 4 is 11.8 Å². The molecule has 1 aliphatic heterocycles. The van der Waals surface area contributed by atoms with Gasteiger partial charge in [0.05, 0.1) is 6.54 Å². The van der Waals surface area contributed by atoms with Gasteiger partial charge in [-0.3, -0.25) is 19.2 Å².